The van der Waals surface area contributed by atoms with Gasteiger partial charge in [0.25, 0.3) is 0 Å². The molecule has 2 aliphatic heterocycles. The number of nitrogens with zero attached hydrogens (tertiary/aromatic N) is 1. The molecule has 0 fully saturated rings. The minimum Gasteiger partial charge on any atom is -0.377 e. The molecule has 0 aromatic heterocycles. The Morgan fingerprint density at radius 2 is 1.86 bits per heavy atom. The predicted molar refractivity (Wildman–Crippen MR) is 89.2 cm³/mol. The maximum atomic E-state index is 6.08. The molecule has 0 aliphatic carbocycles. The molecule has 2 N–H and O–H groups in total. The van der Waals surface area contributed by atoms with Crippen molar-refractivity contribution in [2.45, 2.75) is 13.8 Å². The minimum atomic E-state index is 0.402. The smallest absolute Gasteiger partial charge is 0.151 e. The molecule has 3 heteroatoms. The number of nitrogens with two attached hydrogens (primary N) is 1. The number of hydroxylamine groups is 1. The SMILES string of the molecule is CC1=C(CN)ON2C1=c1c(C)cccc1=Cc1ccccc12. The van der Waals surface area contributed by atoms with E-state index >= 15 is 0 Å². The van der Waals surface area contributed by atoms with E-state index in [9.17, 15) is 0 Å². The summed E-state index contributed by atoms with van der Waals surface area (Å²) in [6.45, 7) is 4.63. The number of para-hydroxylation sites is 1. The second-order valence-corrected chi connectivity index (χ2v) is 5.73. The van der Waals surface area contributed by atoms with Crippen LogP contribution in [-0.4, -0.2) is 6.54 Å². The summed E-state index contributed by atoms with van der Waals surface area (Å²) in [5, 5.41) is 4.37. The van der Waals surface area contributed by atoms with E-state index in [0.717, 1.165) is 28.3 Å². The Hall–Kier alpha value is -2.52. The van der Waals surface area contributed by atoms with Crippen LogP contribution < -0.4 is 21.2 Å². The summed E-state index contributed by atoms with van der Waals surface area (Å²) in [4.78, 5) is 6.08. The van der Waals surface area contributed by atoms with E-state index in [4.69, 9.17) is 10.6 Å². The van der Waals surface area contributed by atoms with E-state index in [1.54, 1.807) is 0 Å². The van der Waals surface area contributed by atoms with Gasteiger partial charge in [-0.25, -0.2) is 0 Å². The molecule has 0 unspecified atom stereocenters. The van der Waals surface area contributed by atoms with Gasteiger partial charge in [0.1, 0.15) is 0 Å². The average Bonchev–Trinajstić information content (AvgIpc) is 2.77. The number of anilines is 1. The normalized spacial score (nSPS) is 15.6. The number of benzene rings is 2. The zero-order chi connectivity index (χ0) is 15.3. The summed E-state index contributed by atoms with van der Waals surface area (Å²) in [6, 6.07) is 14.7. The summed E-state index contributed by atoms with van der Waals surface area (Å²) in [7, 11) is 0. The molecule has 3 nitrogen and oxygen atoms in total. The topological polar surface area (TPSA) is 38.5 Å². The van der Waals surface area contributed by atoms with Crippen molar-refractivity contribution in [3.63, 3.8) is 0 Å². The highest BCUT2D eigenvalue weighted by molar-refractivity contribution is 5.85. The van der Waals surface area contributed by atoms with Gasteiger partial charge in [-0.1, -0.05) is 36.4 Å². The first-order valence-electron chi connectivity index (χ1n) is 7.49. The fraction of sp³-hybridized carbons (Fsp3) is 0.158. The van der Waals surface area contributed by atoms with Gasteiger partial charge in [-0.3, -0.25) is 0 Å². The van der Waals surface area contributed by atoms with Crippen molar-refractivity contribution in [1.82, 2.24) is 0 Å². The molecule has 0 saturated heterocycles. The highest BCUT2D eigenvalue weighted by Gasteiger charge is 2.30. The van der Waals surface area contributed by atoms with E-state index in [0.29, 0.717) is 6.54 Å². The standard InChI is InChI=1S/C19H18N2O/c1-12-6-5-8-15-10-14-7-3-4-9-16(14)21-19(18(12)15)13(2)17(11-20)22-21/h3-10H,11,20H2,1-2H3. The van der Waals surface area contributed by atoms with Crippen LogP contribution >= 0.6 is 0 Å². The lowest BCUT2D eigenvalue weighted by Crippen LogP contribution is -2.33. The lowest BCUT2D eigenvalue weighted by molar-refractivity contribution is 0.229. The van der Waals surface area contributed by atoms with E-state index < -0.39 is 0 Å². The second-order valence-electron chi connectivity index (χ2n) is 5.73. The summed E-state index contributed by atoms with van der Waals surface area (Å²) < 4.78 is 0. The summed E-state index contributed by atoms with van der Waals surface area (Å²) in [5.41, 5.74) is 11.5. The van der Waals surface area contributed by atoms with Gasteiger partial charge in [0.15, 0.2) is 5.76 Å². The number of rotatable bonds is 1. The fourth-order valence-electron chi connectivity index (χ4n) is 3.25. The van der Waals surface area contributed by atoms with Crippen molar-refractivity contribution in [1.29, 1.82) is 0 Å². The maximum absolute atomic E-state index is 6.08. The van der Waals surface area contributed by atoms with Crippen LogP contribution in [0.5, 0.6) is 0 Å². The van der Waals surface area contributed by atoms with Crippen molar-refractivity contribution in [3.05, 3.63) is 75.4 Å². The fourth-order valence-corrected chi connectivity index (χ4v) is 3.25. The molecule has 2 aliphatic rings. The highest BCUT2D eigenvalue weighted by atomic mass is 16.7. The molecular weight excluding hydrogens is 272 g/mol. The zero-order valence-electron chi connectivity index (χ0n) is 12.8. The van der Waals surface area contributed by atoms with Gasteiger partial charge in [-0.15, -0.1) is 0 Å². The molecule has 2 aromatic carbocycles. The average molecular weight is 290 g/mol. The third kappa shape index (κ3) is 1.72. The number of hydrogen-bond acceptors (Lipinski definition) is 3. The highest BCUT2D eigenvalue weighted by Crippen LogP contribution is 2.36. The first-order valence-corrected chi connectivity index (χ1v) is 7.49. The Balaban J connectivity index is 2.19. The van der Waals surface area contributed by atoms with Gasteiger partial charge in [-0.05, 0) is 36.8 Å². The molecule has 0 saturated carbocycles. The van der Waals surface area contributed by atoms with Gasteiger partial charge >= 0.3 is 0 Å². The van der Waals surface area contributed by atoms with Crippen molar-refractivity contribution >= 4 is 17.5 Å². The van der Waals surface area contributed by atoms with E-state index in [1.165, 1.54) is 16.0 Å². The van der Waals surface area contributed by atoms with Crippen LogP contribution in [0.1, 0.15) is 18.1 Å². The third-order valence-corrected chi connectivity index (χ3v) is 4.37. The van der Waals surface area contributed by atoms with Gasteiger partial charge < -0.3 is 10.6 Å². The van der Waals surface area contributed by atoms with Crippen molar-refractivity contribution in [2.75, 3.05) is 11.6 Å². The third-order valence-electron chi connectivity index (χ3n) is 4.37. The summed E-state index contributed by atoms with van der Waals surface area (Å²) in [6.07, 6.45) is 2.22. The molecule has 22 heavy (non-hydrogen) atoms. The molecular formula is C19H18N2O. The lowest BCUT2D eigenvalue weighted by atomic mass is 10.0. The van der Waals surface area contributed by atoms with Crippen LogP contribution in [0.4, 0.5) is 5.69 Å². The first kappa shape index (κ1) is 13.2. The van der Waals surface area contributed by atoms with Crippen LogP contribution in [0.15, 0.2) is 53.8 Å². The van der Waals surface area contributed by atoms with Crippen LogP contribution in [-0.2, 0) is 4.84 Å². The Labute approximate surface area is 129 Å². The molecule has 0 spiro atoms. The molecule has 110 valence electrons. The van der Waals surface area contributed by atoms with Crippen molar-refractivity contribution in [2.24, 2.45) is 5.73 Å². The van der Waals surface area contributed by atoms with Gasteiger partial charge in [-0.2, -0.15) is 5.06 Å². The Morgan fingerprint density at radius 3 is 2.68 bits per heavy atom. The Morgan fingerprint density at radius 1 is 1.05 bits per heavy atom. The molecule has 0 bridgehead atoms. The van der Waals surface area contributed by atoms with Crippen LogP contribution in [0.2, 0.25) is 0 Å². The first-order chi connectivity index (χ1) is 10.7. The number of aryl methyl sites for hydroxylation is 1. The van der Waals surface area contributed by atoms with Crippen molar-refractivity contribution < 1.29 is 4.84 Å². The molecule has 2 aromatic rings. The predicted octanol–water partition coefficient (Wildman–Crippen LogP) is 1.93. The van der Waals surface area contributed by atoms with E-state index in [1.807, 2.05) is 11.1 Å². The maximum Gasteiger partial charge on any atom is 0.151 e. The quantitative estimate of drug-likeness (QED) is 0.872. The molecule has 0 atom stereocenters. The van der Waals surface area contributed by atoms with Crippen LogP contribution in [0, 0.1) is 6.92 Å². The summed E-state index contributed by atoms with van der Waals surface area (Å²) in [5.74, 6) is 0.834. The van der Waals surface area contributed by atoms with E-state index in [-0.39, 0.29) is 0 Å². The van der Waals surface area contributed by atoms with Crippen molar-refractivity contribution in [3.8, 4) is 0 Å². The molecule has 0 amide bonds. The number of hydrogen-bond donors (Lipinski definition) is 1. The summed E-state index contributed by atoms with van der Waals surface area (Å²) >= 11 is 0. The van der Waals surface area contributed by atoms with Crippen LogP contribution in [0.25, 0.3) is 11.8 Å². The molecule has 0 radical (unpaired) electrons. The second kappa shape index (κ2) is 4.75. The minimum absolute atomic E-state index is 0.402. The van der Waals surface area contributed by atoms with Gasteiger partial charge in [0, 0.05) is 16.4 Å². The Kier molecular flexibility index (Phi) is 2.84. The van der Waals surface area contributed by atoms with Gasteiger partial charge in [0.2, 0.25) is 0 Å². The zero-order valence-corrected chi connectivity index (χ0v) is 12.8. The van der Waals surface area contributed by atoms with Gasteiger partial charge in [0.05, 0.1) is 17.9 Å². The molecule has 2 heterocycles. The molecule has 4 rings (SSSR count). The largest absolute Gasteiger partial charge is 0.377 e. The lowest BCUT2D eigenvalue weighted by Gasteiger charge is -2.21. The van der Waals surface area contributed by atoms with Crippen LogP contribution in [0.3, 0.4) is 0 Å². The Bertz CT molecular complexity index is 925. The number of fused-ring (bicyclic) bond motifs is 4. The van der Waals surface area contributed by atoms with E-state index in [2.05, 4.69) is 56.3 Å². The monoisotopic (exact) mass is 290 g/mol.